The molecule has 5 nitrogen and oxygen atoms in total. The van der Waals surface area contributed by atoms with Gasteiger partial charge in [0.05, 0.1) is 10.8 Å². The molecular weight excluding hydrogens is 470 g/mol. The monoisotopic (exact) mass is 493 g/mol. The Morgan fingerprint density at radius 1 is 0.778 bits per heavy atom. The summed E-state index contributed by atoms with van der Waals surface area (Å²) in [5.41, 5.74) is 2.97. The Morgan fingerprint density at radius 2 is 1.31 bits per heavy atom. The molecule has 178 valence electrons. The number of nitrogens with zero attached hydrogens (tertiary/aromatic N) is 1. The van der Waals surface area contributed by atoms with E-state index in [9.17, 15) is 18.0 Å². The van der Waals surface area contributed by atoms with Crippen LogP contribution in [0.25, 0.3) is 11.1 Å². The highest BCUT2D eigenvalue weighted by Gasteiger charge is 2.64. The molecule has 1 fully saturated rings. The second-order valence-corrected chi connectivity index (χ2v) is 11.2. The van der Waals surface area contributed by atoms with Crippen LogP contribution in [0, 0.1) is 12.8 Å². The maximum atomic E-state index is 14.5. The van der Waals surface area contributed by atoms with Crippen LogP contribution in [-0.2, 0) is 20.2 Å². The Kier molecular flexibility index (Phi) is 4.99. The van der Waals surface area contributed by atoms with Crippen LogP contribution in [0.15, 0.2) is 108 Å². The minimum atomic E-state index is -4.19. The normalized spacial score (nSPS) is 17.8. The SMILES string of the molecule is Cc1ccc(S(=O)(=O)N2CC(C(=O)c3ccccc3)C3(C2=O)c2ccccc2-c2ccccc23)cc1. The van der Waals surface area contributed by atoms with Crippen molar-refractivity contribution in [2.75, 3.05) is 6.54 Å². The third kappa shape index (κ3) is 2.97. The van der Waals surface area contributed by atoms with Gasteiger partial charge in [-0.3, -0.25) is 9.59 Å². The zero-order chi connectivity index (χ0) is 25.1. The van der Waals surface area contributed by atoms with E-state index in [4.69, 9.17) is 0 Å². The van der Waals surface area contributed by atoms with Gasteiger partial charge < -0.3 is 0 Å². The van der Waals surface area contributed by atoms with Gasteiger partial charge >= 0.3 is 0 Å². The van der Waals surface area contributed by atoms with Crippen LogP contribution in [-0.4, -0.2) is 31.0 Å². The van der Waals surface area contributed by atoms with Crippen molar-refractivity contribution >= 4 is 21.7 Å². The molecule has 4 aromatic carbocycles. The van der Waals surface area contributed by atoms with Gasteiger partial charge in [-0.25, -0.2) is 12.7 Å². The van der Waals surface area contributed by atoms with Crippen LogP contribution in [0.4, 0.5) is 0 Å². The fourth-order valence-electron chi connectivity index (χ4n) is 5.73. The highest BCUT2D eigenvalue weighted by Crippen LogP contribution is 2.57. The predicted octanol–water partition coefficient (Wildman–Crippen LogP) is 4.99. The highest BCUT2D eigenvalue weighted by molar-refractivity contribution is 7.89. The minimum absolute atomic E-state index is 0.0315. The van der Waals surface area contributed by atoms with Crippen LogP contribution in [0.1, 0.15) is 27.0 Å². The molecule has 4 aromatic rings. The average Bonchev–Trinajstić information content (AvgIpc) is 3.38. The number of hydrogen-bond acceptors (Lipinski definition) is 4. The van der Waals surface area contributed by atoms with Crippen molar-refractivity contribution in [3.8, 4) is 11.1 Å². The second-order valence-electron chi connectivity index (χ2n) is 9.34. The van der Waals surface area contributed by atoms with E-state index in [-0.39, 0.29) is 17.2 Å². The van der Waals surface area contributed by atoms with Gasteiger partial charge in [-0.05, 0) is 41.3 Å². The molecule has 1 aliphatic carbocycles. The number of fused-ring (bicyclic) bond motifs is 5. The Bertz CT molecular complexity index is 1580. The number of carbonyl (C=O) groups is 2. The van der Waals surface area contributed by atoms with E-state index >= 15 is 0 Å². The molecule has 2 aliphatic rings. The van der Waals surface area contributed by atoms with Crippen molar-refractivity contribution in [3.05, 3.63) is 125 Å². The Labute approximate surface area is 210 Å². The number of ketones is 1. The number of amides is 1. The van der Waals surface area contributed by atoms with Crippen LogP contribution < -0.4 is 0 Å². The van der Waals surface area contributed by atoms with Crippen LogP contribution >= 0.6 is 0 Å². The third-order valence-electron chi connectivity index (χ3n) is 7.41. The molecule has 1 unspecified atom stereocenters. The van der Waals surface area contributed by atoms with Gasteiger partial charge in [-0.1, -0.05) is 96.6 Å². The van der Waals surface area contributed by atoms with Gasteiger partial charge in [0.2, 0.25) is 0 Å². The number of carbonyl (C=O) groups excluding carboxylic acids is 2. The zero-order valence-corrected chi connectivity index (χ0v) is 20.4. The van der Waals surface area contributed by atoms with E-state index in [0.29, 0.717) is 16.7 Å². The van der Waals surface area contributed by atoms with E-state index in [2.05, 4.69) is 0 Å². The first-order chi connectivity index (χ1) is 17.4. The van der Waals surface area contributed by atoms with Crippen molar-refractivity contribution in [2.24, 2.45) is 5.92 Å². The number of aryl methyl sites for hydroxylation is 1. The van der Waals surface area contributed by atoms with E-state index in [1.807, 2.05) is 61.5 Å². The summed E-state index contributed by atoms with van der Waals surface area (Å²) >= 11 is 0. The van der Waals surface area contributed by atoms with Crippen molar-refractivity contribution < 1.29 is 18.0 Å². The number of sulfonamides is 1. The molecule has 0 aromatic heterocycles. The van der Waals surface area contributed by atoms with E-state index in [1.165, 1.54) is 12.1 Å². The molecule has 0 saturated carbocycles. The number of rotatable bonds is 4. The minimum Gasteiger partial charge on any atom is -0.294 e. The predicted molar refractivity (Wildman–Crippen MR) is 137 cm³/mol. The molecule has 1 aliphatic heterocycles. The molecule has 1 heterocycles. The molecule has 1 spiro atoms. The number of Topliss-reactive ketones (excluding diaryl/α,β-unsaturated/α-hetero) is 1. The molecule has 1 amide bonds. The summed E-state index contributed by atoms with van der Waals surface area (Å²) < 4.78 is 28.6. The molecule has 6 rings (SSSR count). The summed E-state index contributed by atoms with van der Waals surface area (Å²) in [6.45, 7) is 1.64. The van der Waals surface area contributed by atoms with Crippen LogP contribution in [0.3, 0.4) is 0 Å². The standard InChI is InChI=1S/C30H23NO4S/c1-20-15-17-22(18-16-20)36(34,35)31-19-27(28(32)21-9-3-2-4-10-21)30(29(31)33)25-13-7-5-11-23(25)24-12-6-8-14-26(24)30/h2-18,27H,19H2,1H3. The summed E-state index contributed by atoms with van der Waals surface area (Å²) in [5, 5.41) is 0. The van der Waals surface area contributed by atoms with Gasteiger partial charge in [0.15, 0.2) is 5.78 Å². The molecule has 0 bridgehead atoms. The van der Waals surface area contributed by atoms with Crippen molar-refractivity contribution in [1.29, 1.82) is 0 Å². The number of hydrogen-bond donors (Lipinski definition) is 0. The van der Waals surface area contributed by atoms with E-state index in [0.717, 1.165) is 21.0 Å². The topological polar surface area (TPSA) is 71.5 Å². The lowest BCUT2D eigenvalue weighted by molar-refractivity contribution is -0.127. The fraction of sp³-hybridized carbons (Fsp3) is 0.133. The van der Waals surface area contributed by atoms with Crippen molar-refractivity contribution in [3.63, 3.8) is 0 Å². The second kappa shape index (κ2) is 8.00. The summed E-state index contributed by atoms with van der Waals surface area (Å²) in [6, 6.07) is 30.2. The molecule has 6 heteroatoms. The van der Waals surface area contributed by atoms with Crippen molar-refractivity contribution in [1.82, 2.24) is 4.31 Å². The summed E-state index contributed by atoms with van der Waals surface area (Å²) in [7, 11) is -4.19. The van der Waals surface area contributed by atoms with Gasteiger partial charge in [0.25, 0.3) is 15.9 Å². The molecule has 1 atom stereocenters. The lowest BCUT2D eigenvalue weighted by atomic mass is 9.67. The van der Waals surface area contributed by atoms with Gasteiger partial charge in [-0.15, -0.1) is 0 Å². The maximum Gasteiger partial charge on any atom is 0.266 e. The highest BCUT2D eigenvalue weighted by atomic mass is 32.2. The molecule has 36 heavy (non-hydrogen) atoms. The number of benzene rings is 4. The smallest absolute Gasteiger partial charge is 0.266 e. The summed E-state index contributed by atoms with van der Waals surface area (Å²) in [5.74, 6) is -1.76. The van der Waals surface area contributed by atoms with Gasteiger partial charge in [0, 0.05) is 12.1 Å². The summed E-state index contributed by atoms with van der Waals surface area (Å²) in [6.07, 6.45) is 0. The Morgan fingerprint density at radius 3 is 1.89 bits per heavy atom. The summed E-state index contributed by atoms with van der Waals surface area (Å²) in [4.78, 5) is 28.6. The molecular formula is C30H23NO4S. The largest absolute Gasteiger partial charge is 0.294 e. The Hall–Kier alpha value is -4.03. The average molecular weight is 494 g/mol. The third-order valence-corrected chi connectivity index (χ3v) is 9.18. The lowest BCUT2D eigenvalue weighted by Gasteiger charge is -2.30. The van der Waals surface area contributed by atoms with E-state index in [1.54, 1.807) is 36.4 Å². The van der Waals surface area contributed by atoms with E-state index < -0.39 is 27.3 Å². The lowest BCUT2D eigenvalue weighted by Crippen LogP contribution is -2.43. The maximum absolute atomic E-state index is 14.5. The first kappa shape index (κ1) is 22.4. The molecule has 1 saturated heterocycles. The molecule has 0 radical (unpaired) electrons. The zero-order valence-electron chi connectivity index (χ0n) is 19.6. The Balaban J connectivity index is 1.61. The van der Waals surface area contributed by atoms with Crippen molar-refractivity contribution in [2.45, 2.75) is 17.2 Å². The van der Waals surface area contributed by atoms with Crippen LogP contribution in [0.2, 0.25) is 0 Å². The first-order valence-electron chi connectivity index (χ1n) is 11.8. The van der Waals surface area contributed by atoms with Crippen LogP contribution in [0.5, 0.6) is 0 Å². The van der Waals surface area contributed by atoms with Gasteiger partial charge in [-0.2, -0.15) is 0 Å². The quantitative estimate of drug-likeness (QED) is 0.376. The fourth-order valence-corrected chi connectivity index (χ4v) is 7.18. The first-order valence-corrected chi connectivity index (χ1v) is 13.2. The molecule has 0 N–H and O–H groups in total. The van der Waals surface area contributed by atoms with Gasteiger partial charge in [0.1, 0.15) is 5.41 Å².